The van der Waals surface area contributed by atoms with Gasteiger partial charge in [-0.3, -0.25) is 0 Å². The summed E-state index contributed by atoms with van der Waals surface area (Å²) in [7, 11) is 0. The van der Waals surface area contributed by atoms with Crippen molar-refractivity contribution in [2.45, 2.75) is 19.3 Å². The van der Waals surface area contributed by atoms with E-state index in [-0.39, 0.29) is 0 Å². The minimum absolute atomic E-state index is 0.801. The summed E-state index contributed by atoms with van der Waals surface area (Å²) in [4.78, 5) is 1.32. The van der Waals surface area contributed by atoms with E-state index in [9.17, 15) is 0 Å². The largest absolute Gasteiger partial charge is 0.385 e. The van der Waals surface area contributed by atoms with Crippen LogP contribution in [0.5, 0.6) is 0 Å². The van der Waals surface area contributed by atoms with Crippen molar-refractivity contribution in [1.29, 1.82) is 0 Å². The van der Waals surface area contributed by atoms with E-state index in [0.717, 1.165) is 19.5 Å². The number of benzene rings is 1. The predicted molar refractivity (Wildman–Crippen MR) is 81.2 cm³/mol. The first-order chi connectivity index (χ1) is 8.90. The summed E-state index contributed by atoms with van der Waals surface area (Å²) in [5.41, 5.74) is 7.95. The standard InChI is InChI=1S/C15H20N2S/c16-10-2-1-3-11-17-14-8-6-13(7-9-14)15-5-4-12-18-15/h4-9,12,17H,1-3,10-11,16H2. The molecular formula is C15H20N2S. The Hall–Kier alpha value is -1.32. The average Bonchev–Trinajstić information content (AvgIpc) is 2.93. The Balaban J connectivity index is 1.81. The Morgan fingerprint density at radius 1 is 1.00 bits per heavy atom. The third-order valence-electron chi connectivity index (χ3n) is 2.90. The van der Waals surface area contributed by atoms with Gasteiger partial charge in [0.1, 0.15) is 0 Å². The Bertz CT molecular complexity index is 434. The summed E-state index contributed by atoms with van der Waals surface area (Å²) in [5, 5.41) is 5.55. The van der Waals surface area contributed by atoms with Crippen LogP contribution in [0.25, 0.3) is 10.4 Å². The second kappa shape index (κ2) is 7.19. The van der Waals surface area contributed by atoms with Gasteiger partial charge in [0, 0.05) is 17.1 Å². The van der Waals surface area contributed by atoms with Gasteiger partial charge in [-0.1, -0.05) is 24.6 Å². The maximum absolute atomic E-state index is 5.47. The first kappa shape index (κ1) is 13.1. The number of hydrogen-bond donors (Lipinski definition) is 2. The van der Waals surface area contributed by atoms with Gasteiger partial charge in [0.05, 0.1) is 0 Å². The lowest BCUT2D eigenvalue weighted by atomic mass is 10.1. The summed E-state index contributed by atoms with van der Waals surface area (Å²) in [5.74, 6) is 0. The molecule has 0 saturated carbocycles. The highest BCUT2D eigenvalue weighted by atomic mass is 32.1. The summed E-state index contributed by atoms with van der Waals surface area (Å²) in [6.07, 6.45) is 3.51. The number of rotatable bonds is 7. The second-order valence-electron chi connectivity index (χ2n) is 4.33. The Morgan fingerprint density at radius 2 is 1.83 bits per heavy atom. The van der Waals surface area contributed by atoms with E-state index >= 15 is 0 Å². The third kappa shape index (κ3) is 3.86. The molecule has 2 nitrogen and oxygen atoms in total. The van der Waals surface area contributed by atoms with E-state index in [4.69, 9.17) is 5.73 Å². The molecule has 2 aromatic rings. The highest BCUT2D eigenvalue weighted by Gasteiger charge is 1.98. The first-order valence-electron chi connectivity index (χ1n) is 6.48. The van der Waals surface area contributed by atoms with Crippen LogP contribution in [-0.4, -0.2) is 13.1 Å². The van der Waals surface area contributed by atoms with E-state index in [1.54, 1.807) is 11.3 Å². The van der Waals surface area contributed by atoms with Crippen LogP contribution < -0.4 is 11.1 Å². The lowest BCUT2D eigenvalue weighted by Gasteiger charge is -2.06. The Morgan fingerprint density at radius 3 is 2.50 bits per heavy atom. The molecule has 2 rings (SSSR count). The maximum Gasteiger partial charge on any atom is 0.0342 e. The molecule has 0 aliphatic carbocycles. The zero-order valence-corrected chi connectivity index (χ0v) is 11.4. The molecule has 0 aliphatic rings. The van der Waals surface area contributed by atoms with Gasteiger partial charge >= 0.3 is 0 Å². The first-order valence-corrected chi connectivity index (χ1v) is 7.36. The lowest BCUT2D eigenvalue weighted by Crippen LogP contribution is -2.03. The number of thiophene rings is 1. The monoisotopic (exact) mass is 260 g/mol. The van der Waals surface area contributed by atoms with Gasteiger partial charge in [0.15, 0.2) is 0 Å². The molecule has 1 aromatic carbocycles. The fourth-order valence-electron chi connectivity index (χ4n) is 1.87. The van der Waals surface area contributed by atoms with Crippen LogP contribution in [0.15, 0.2) is 41.8 Å². The van der Waals surface area contributed by atoms with Crippen LogP contribution in [0.2, 0.25) is 0 Å². The highest BCUT2D eigenvalue weighted by molar-refractivity contribution is 7.13. The quantitative estimate of drug-likeness (QED) is 0.740. The second-order valence-corrected chi connectivity index (χ2v) is 5.28. The molecule has 1 heterocycles. The normalized spacial score (nSPS) is 10.5. The maximum atomic E-state index is 5.47. The molecule has 3 N–H and O–H groups in total. The van der Waals surface area contributed by atoms with Crippen molar-refractivity contribution in [2.24, 2.45) is 5.73 Å². The smallest absolute Gasteiger partial charge is 0.0342 e. The van der Waals surface area contributed by atoms with Crippen molar-refractivity contribution in [2.75, 3.05) is 18.4 Å². The molecule has 0 atom stereocenters. The van der Waals surface area contributed by atoms with Crippen molar-refractivity contribution >= 4 is 17.0 Å². The lowest BCUT2D eigenvalue weighted by molar-refractivity contribution is 0.707. The van der Waals surface area contributed by atoms with Crippen molar-refractivity contribution in [3.63, 3.8) is 0 Å². The van der Waals surface area contributed by atoms with Crippen LogP contribution in [0, 0.1) is 0 Å². The van der Waals surface area contributed by atoms with Crippen LogP contribution >= 0.6 is 11.3 Å². The molecular weight excluding hydrogens is 240 g/mol. The summed E-state index contributed by atoms with van der Waals surface area (Å²) < 4.78 is 0. The minimum atomic E-state index is 0.801. The van der Waals surface area contributed by atoms with Gasteiger partial charge in [-0.2, -0.15) is 0 Å². The molecule has 96 valence electrons. The van der Waals surface area contributed by atoms with E-state index in [0.29, 0.717) is 0 Å². The van der Waals surface area contributed by atoms with Crippen LogP contribution in [-0.2, 0) is 0 Å². The van der Waals surface area contributed by atoms with Gasteiger partial charge in [-0.15, -0.1) is 11.3 Å². The molecule has 0 bridgehead atoms. The zero-order valence-electron chi connectivity index (χ0n) is 10.6. The summed E-state index contributed by atoms with van der Waals surface area (Å²) in [6.45, 7) is 1.83. The topological polar surface area (TPSA) is 38.0 Å². The van der Waals surface area contributed by atoms with Gasteiger partial charge in [0.2, 0.25) is 0 Å². The van der Waals surface area contributed by atoms with Crippen molar-refractivity contribution in [1.82, 2.24) is 0 Å². The van der Waals surface area contributed by atoms with Crippen LogP contribution in [0.3, 0.4) is 0 Å². The van der Waals surface area contributed by atoms with Crippen molar-refractivity contribution in [3.8, 4) is 10.4 Å². The average molecular weight is 260 g/mol. The molecule has 0 unspecified atom stereocenters. The Labute approximate surface area is 113 Å². The molecule has 0 amide bonds. The molecule has 0 aliphatic heterocycles. The molecule has 18 heavy (non-hydrogen) atoms. The number of hydrogen-bond acceptors (Lipinski definition) is 3. The predicted octanol–water partition coefficient (Wildman–Crippen LogP) is 3.96. The molecule has 0 spiro atoms. The van der Waals surface area contributed by atoms with E-state index in [1.807, 2.05) is 0 Å². The summed E-state index contributed by atoms with van der Waals surface area (Å²) >= 11 is 1.78. The number of unbranched alkanes of at least 4 members (excludes halogenated alkanes) is 2. The van der Waals surface area contributed by atoms with E-state index in [2.05, 4.69) is 47.1 Å². The minimum Gasteiger partial charge on any atom is -0.385 e. The van der Waals surface area contributed by atoms with Gasteiger partial charge < -0.3 is 11.1 Å². The van der Waals surface area contributed by atoms with E-state index < -0.39 is 0 Å². The molecule has 0 saturated heterocycles. The molecule has 1 aromatic heterocycles. The van der Waals surface area contributed by atoms with Gasteiger partial charge in [0.25, 0.3) is 0 Å². The van der Waals surface area contributed by atoms with Gasteiger partial charge in [-0.25, -0.2) is 0 Å². The van der Waals surface area contributed by atoms with Crippen molar-refractivity contribution in [3.05, 3.63) is 41.8 Å². The molecule has 0 fully saturated rings. The molecule has 3 heteroatoms. The summed E-state index contributed by atoms with van der Waals surface area (Å²) in [6, 6.07) is 12.9. The van der Waals surface area contributed by atoms with Crippen LogP contribution in [0.4, 0.5) is 5.69 Å². The Kier molecular flexibility index (Phi) is 5.24. The fraction of sp³-hybridized carbons (Fsp3) is 0.333. The van der Waals surface area contributed by atoms with E-state index in [1.165, 1.54) is 29.0 Å². The SMILES string of the molecule is NCCCCCNc1ccc(-c2cccs2)cc1. The van der Waals surface area contributed by atoms with Crippen LogP contribution in [0.1, 0.15) is 19.3 Å². The fourth-order valence-corrected chi connectivity index (χ4v) is 2.61. The number of nitrogens with two attached hydrogens (primary N) is 1. The number of nitrogens with one attached hydrogen (secondary N) is 1. The third-order valence-corrected chi connectivity index (χ3v) is 3.82. The van der Waals surface area contributed by atoms with Crippen molar-refractivity contribution < 1.29 is 0 Å². The van der Waals surface area contributed by atoms with Gasteiger partial charge in [-0.05, 0) is 48.5 Å². The number of anilines is 1. The molecule has 0 radical (unpaired) electrons. The highest BCUT2D eigenvalue weighted by Crippen LogP contribution is 2.25. The zero-order chi connectivity index (χ0) is 12.6.